The molecule has 0 amide bonds. The number of methoxy groups -OCH3 is 2. The summed E-state index contributed by atoms with van der Waals surface area (Å²) >= 11 is 0. The molecule has 1 heterocycles. The summed E-state index contributed by atoms with van der Waals surface area (Å²) < 4.78 is 12.2. The smallest absolute Gasteiger partial charge is 0.337 e. The first-order chi connectivity index (χ1) is 9.74. The summed E-state index contributed by atoms with van der Waals surface area (Å²) in [6.45, 7) is 1.52. The Hall–Kier alpha value is -1.81. The molecule has 106 valence electrons. The maximum atomic E-state index is 11.7. The zero-order chi connectivity index (χ0) is 14.1. The van der Waals surface area contributed by atoms with E-state index in [-0.39, 0.29) is 5.97 Å². The Morgan fingerprint density at radius 2 is 2.15 bits per heavy atom. The molecule has 0 spiro atoms. The lowest BCUT2D eigenvalue weighted by molar-refractivity contribution is 0.0601. The van der Waals surface area contributed by atoms with Crippen LogP contribution in [0.15, 0.2) is 24.4 Å². The van der Waals surface area contributed by atoms with Crippen LogP contribution >= 0.6 is 0 Å². The Balaban J connectivity index is 2.07. The van der Waals surface area contributed by atoms with E-state index in [1.54, 1.807) is 7.11 Å². The molecule has 4 nitrogen and oxygen atoms in total. The largest absolute Gasteiger partial charge is 0.465 e. The van der Waals surface area contributed by atoms with Gasteiger partial charge in [-0.25, -0.2) is 4.79 Å². The fourth-order valence-corrected chi connectivity index (χ4v) is 2.66. The van der Waals surface area contributed by atoms with E-state index in [2.05, 4.69) is 10.8 Å². The second kappa shape index (κ2) is 5.29. The number of nitrogens with zero attached hydrogens (tertiary/aromatic N) is 1. The molecular weight excluding hydrogens is 254 g/mol. The molecule has 0 atom stereocenters. The summed E-state index contributed by atoms with van der Waals surface area (Å²) in [5, 5.41) is 1.17. The van der Waals surface area contributed by atoms with Gasteiger partial charge in [0.25, 0.3) is 0 Å². The van der Waals surface area contributed by atoms with Crippen LogP contribution in [0.4, 0.5) is 0 Å². The second-order valence-corrected chi connectivity index (χ2v) is 5.27. The van der Waals surface area contributed by atoms with Crippen LogP contribution in [0.25, 0.3) is 10.9 Å². The standard InChI is InChI=1S/C16H19NO3/c1-19-8-7-17-10-14(11-3-4-11)13-9-12(16(18)20-2)5-6-15(13)17/h5-6,9-11H,3-4,7-8H2,1-2H3. The van der Waals surface area contributed by atoms with Crippen LogP contribution in [0.2, 0.25) is 0 Å². The first-order valence-electron chi connectivity index (χ1n) is 6.94. The average molecular weight is 273 g/mol. The first-order valence-corrected chi connectivity index (χ1v) is 6.94. The van der Waals surface area contributed by atoms with E-state index in [1.807, 2.05) is 18.2 Å². The highest BCUT2D eigenvalue weighted by Crippen LogP contribution is 2.44. The van der Waals surface area contributed by atoms with Crippen molar-refractivity contribution in [3.05, 3.63) is 35.5 Å². The third-order valence-electron chi connectivity index (χ3n) is 3.89. The maximum absolute atomic E-state index is 11.7. The van der Waals surface area contributed by atoms with E-state index in [0.717, 1.165) is 12.1 Å². The number of benzene rings is 1. The third kappa shape index (κ3) is 2.31. The number of hydrogen-bond donors (Lipinski definition) is 0. The molecule has 1 aromatic heterocycles. The van der Waals surface area contributed by atoms with Gasteiger partial charge in [0.2, 0.25) is 0 Å². The third-order valence-corrected chi connectivity index (χ3v) is 3.89. The van der Waals surface area contributed by atoms with Crippen molar-refractivity contribution in [2.45, 2.75) is 25.3 Å². The van der Waals surface area contributed by atoms with E-state index >= 15 is 0 Å². The minimum atomic E-state index is -0.279. The molecule has 1 aliphatic carbocycles. The minimum Gasteiger partial charge on any atom is -0.465 e. The van der Waals surface area contributed by atoms with Gasteiger partial charge in [-0.2, -0.15) is 0 Å². The average Bonchev–Trinajstić information content (AvgIpc) is 3.26. The van der Waals surface area contributed by atoms with E-state index < -0.39 is 0 Å². The van der Waals surface area contributed by atoms with Gasteiger partial charge in [-0.05, 0) is 42.5 Å². The van der Waals surface area contributed by atoms with E-state index in [1.165, 1.54) is 30.9 Å². The highest BCUT2D eigenvalue weighted by atomic mass is 16.5. The van der Waals surface area contributed by atoms with Crippen LogP contribution in [0, 0.1) is 0 Å². The molecule has 0 aliphatic heterocycles. The summed E-state index contributed by atoms with van der Waals surface area (Å²) in [7, 11) is 3.13. The van der Waals surface area contributed by atoms with Crippen molar-refractivity contribution in [2.75, 3.05) is 20.8 Å². The second-order valence-electron chi connectivity index (χ2n) is 5.27. The fourth-order valence-electron chi connectivity index (χ4n) is 2.66. The lowest BCUT2D eigenvalue weighted by Gasteiger charge is -2.05. The van der Waals surface area contributed by atoms with E-state index in [4.69, 9.17) is 9.47 Å². The number of aromatic nitrogens is 1. The number of hydrogen-bond acceptors (Lipinski definition) is 3. The van der Waals surface area contributed by atoms with Gasteiger partial charge < -0.3 is 14.0 Å². The molecule has 1 fully saturated rings. The van der Waals surface area contributed by atoms with Gasteiger partial charge in [-0.15, -0.1) is 0 Å². The molecular formula is C16H19NO3. The molecule has 3 rings (SSSR count). The van der Waals surface area contributed by atoms with Gasteiger partial charge in [-0.1, -0.05) is 0 Å². The number of rotatable bonds is 5. The van der Waals surface area contributed by atoms with E-state index in [0.29, 0.717) is 18.1 Å². The molecule has 0 saturated heterocycles. The van der Waals surface area contributed by atoms with Crippen LogP contribution in [0.5, 0.6) is 0 Å². The van der Waals surface area contributed by atoms with Gasteiger partial charge in [-0.3, -0.25) is 0 Å². The van der Waals surface area contributed by atoms with Crippen LogP contribution in [-0.2, 0) is 16.0 Å². The molecule has 1 aromatic carbocycles. The number of esters is 1. The topological polar surface area (TPSA) is 40.5 Å². The van der Waals surface area contributed by atoms with Crippen molar-refractivity contribution < 1.29 is 14.3 Å². The predicted molar refractivity (Wildman–Crippen MR) is 77.1 cm³/mol. The van der Waals surface area contributed by atoms with Gasteiger partial charge in [0.05, 0.1) is 19.3 Å². The Labute approximate surface area is 118 Å². The van der Waals surface area contributed by atoms with Crippen molar-refractivity contribution in [3.8, 4) is 0 Å². The molecule has 0 N–H and O–H groups in total. The number of ether oxygens (including phenoxy) is 2. The quantitative estimate of drug-likeness (QED) is 0.786. The molecule has 20 heavy (non-hydrogen) atoms. The van der Waals surface area contributed by atoms with Gasteiger partial charge >= 0.3 is 5.97 Å². The van der Waals surface area contributed by atoms with Crippen LogP contribution in [0.3, 0.4) is 0 Å². The van der Waals surface area contributed by atoms with Crippen LogP contribution in [0.1, 0.15) is 34.7 Å². The summed E-state index contributed by atoms with van der Waals surface area (Å²) in [4.78, 5) is 11.7. The summed E-state index contributed by atoms with van der Waals surface area (Å²) in [5.74, 6) is 0.368. The van der Waals surface area contributed by atoms with Crippen LogP contribution in [-0.4, -0.2) is 31.4 Å². The maximum Gasteiger partial charge on any atom is 0.337 e. The van der Waals surface area contributed by atoms with E-state index in [9.17, 15) is 4.79 Å². The highest BCUT2D eigenvalue weighted by Gasteiger charge is 2.27. The Morgan fingerprint density at radius 3 is 2.80 bits per heavy atom. The normalized spacial score (nSPS) is 14.7. The zero-order valence-corrected chi connectivity index (χ0v) is 11.9. The fraction of sp³-hybridized carbons (Fsp3) is 0.438. The van der Waals surface area contributed by atoms with Crippen LogP contribution < -0.4 is 0 Å². The Bertz CT molecular complexity index is 640. The molecule has 4 heteroatoms. The van der Waals surface area contributed by atoms with Gasteiger partial charge in [0.1, 0.15) is 0 Å². The van der Waals surface area contributed by atoms with Crippen molar-refractivity contribution >= 4 is 16.9 Å². The van der Waals surface area contributed by atoms with Crippen molar-refractivity contribution in [2.24, 2.45) is 0 Å². The minimum absolute atomic E-state index is 0.279. The molecule has 1 aliphatic rings. The molecule has 0 bridgehead atoms. The molecule has 2 aromatic rings. The number of carbonyl (C=O) groups excluding carboxylic acids is 1. The van der Waals surface area contributed by atoms with Crippen molar-refractivity contribution in [1.82, 2.24) is 4.57 Å². The van der Waals surface area contributed by atoms with Gasteiger partial charge in [0.15, 0.2) is 0 Å². The monoisotopic (exact) mass is 273 g/mol. The number of fused-ring (bicyclic) bond motifs is 1. The van der Waals surface area contributed by atoms with Gasteiger partial charge in [0, 0.05) is 30.8 Å². The SMILES string of the molecule is COCCn1cc(C2CC2)c2cc(C(=O)OC)ccc21. The highest BCUT2D eigenvalue weighted by molar-refractivity contribution is 5.96. The molecule has 0 unspecified atom stereocenters. The lowest BCUT2D eigenvalue weighted by atomic mass is 10.1. The summed E-state index contributed by atoms with van der Waals surface area (Å²) in [6, 6.07) is 5.79. The predicted octanol–water partition coefficient (Wildman–Crippen LogP) is 2.95. The Kier molecular flexibility index (Phi) is 3.49. The zero-order valence-electron chi connectivity index (χ0n) is 11.9. The number of carbonyl (C=O) groups is 1. The lowest BCUT2D eigenvalue weighted by Crippen LogP contribution is -2.03. The molecule has 1 saturated carbocycles. The summed E-state index contributed by atoms with van der Waals surface area (Å²) in [6.07, 6.45) is 4.69. The Morgan fingerprint density at radius 1 is 1.35 bits per heavy atom. The van der Waals surface area contributed by atoms with Crippen molar-refractivity contribution in [3.63, 3.8) is 0 Å². The summed E-state index contributed by atoms with van der Waals surface area (Å²) in [5.41, 5.74) is 3.13. The first kappa shape index (κ1) is 13.2. The van der Waals surface area contributed by atoms with Crippen molar-refractivity contribution in [1.29, 1.82) is 0 Å². The molecule has 0 radical (unpaired) electrons.